The lowest BCUT2D eigenvalue weighted by Gasteiger charge is -2.42. The Morgan fingerprint density at radius 3 is 2.87 bits per heavy atom. The number of carbonyl (C=O) groups is 1. The van der Waals surface area contributed by atoms with Crippen LogP contribution in [0.4, 0.5) is 0 Å². The number of aliphatic hydroxyl groups excluding tert-OH is 1. The molecule has 0 amide bonds. The van der Waals surface area contributed by atoms with Gasteiger partial charge in [0.15, 0.2) is 0 Å². The van der Waals surface area contributed by atoms with Gasteiger partial charge in [-0.1, -0.05) is 6.42 Å². The molecule has 0 aromatic rings. The first-order valence-electron chi connectivity index (χ1n) is 5.74. The number of esters is 1. The van der Waals surface area contributed by atoms with Crippen LogP contribution in [0, 0.1) is 5.92 Å². The largest absolute Gasteiger partial charge is 0.468 e. The molecule has 4 unspecified atom stereocenters. The molecule has 4 heteroatoms. The van der Waals surface area contributed by atoms with Crippen molar-refractivity contribution in [3.63, 3.8) is 0 Å². The molecular weight excluding hydrogens is 194 g/mol. The van der Waals surface area contributed by atoms with Crippen molar-refractivity contribution in [3.05, 3.63) is 0 Å². The zero-order chi connectivity index (χ0) is 10.8. The number of aliphatic hydroxyl groups is 1. The molecule has 0 radical (unpaired) electrons. The van der Waals surface area contributed by atoms with E-state index in [9.17, 15) is 9.90 Å². The second kappa shape index (κ2) is 4.49. The highest BCUT2D eigenvalue weighted by Gasteiger charge is 2.39. The lowest BCUT2D eigenvalue weighted by atomic mass is 9.76. The van der Waals surface area contributed by atoms with E-state index in [-0.39, 0.29) is 24.2 Å². The number of hydrogen-bond donors (Lipinski definition) is 2. The molecule has 2 fully saturated rings. The highest BCUT2D eigenvalue weighted by atomic mass is 16.5. The van der Waals surface area contributed by atoms with Crippen molar-refractivity contribution in [3.8, 4) is 0 Å². The summed E-state index contributed by atoms with van der Waals surface area (Å²) in [4.78, 5) is 11.4. The molecule has 2 rings (SSSR count). The summed E-state index contributed by atoms with van der Waals surface area (Å²) in [6, 6.07) is -0.124. The van der Waals surface area contributed by atoms with E-state index < -0.39 is 0 Å². The number of carbonyl (C=O) groups excluding carboxylic acids is 1. The van der Waals surface area contributed by atoms with Crippen molar-refractivity contribution in [2.75, 3.05) is 7.11 Å². The fourth-order valence-corrected chi connectivity index (χ4v) is 2.86. The molecule has 2 N–H and O–H groups in total. The van der Waals surface area contributed by atoms with Crippen molar-refractivity contribution < 1.29 is 14.6 Å². The zero-order valence-corrected chi connectivity index (χ0v) is 9.11. The summed E-state index contributed by atoms with van der Waals surface area (Å²) in [5, 5.41) is 13.1. The number of rotatable bonds is 1. The minimum atomic E-state index is -0.295. The van der Waals surface area contributed by atoms with E-state index in [0.29, 0.717) is 5.92 Å². The van der Waals surface area contributed by atoms with E-state index >= 15 is 0 Å². The quantitative estimate of drug-likeness (QED) is 0.621. The Hall–Kier alpha value is -0.610. The number of ether oxygens (including phenoxy) is 1. The Bertz CT molecular complexity index is 244. The third-order valence-electron chi connectivity index (χ3n) is 3.70. The molecule has 0 aromatic heterocycles. The molecule has 1 aliphatic carbocycles. The average Bonchev–Trinajstić information content (AvgIpc) is 2.28. The molecule has 1 saturated carbocycles. The molecule has 1 aliphatic heterocycles. The SMILES string of the molecule is COC(=O)C1CCC2CCCC(O)C2N1. The summed E-state index contributed by atoms with van der Waals surface area (Å²) in [5.41, 5.74) is 0. The van der Waals surface area contributed by atoms with Crippen molar-refractivity contribution in [2.45, 2.75) is 50.3 Å². The smallest absolute Gasteiger partial charge is 0.322 e. The van der Waals surface area contributed by atoms with Gasteiger partial charge < -0.3 is 9.84 Å². The first kappa shape index (κ1) is 10.9. The molecular formula is C11H19NO3. The monoisotopic (exact) mass is 213 g/mol. The maximum atomic E-state index is 11.4. The predicted octanol–water partition coefficient (Wildman–Crippen LogP) is 0.441. The van der Waals surface area contributed by atoms with Gasteiger partial charge in [0.05, 0.1) is 13.2 Å². The number of methoxy groups -OCH3 is 1. The maximum Gasteiger partial charge on any atom is 0.322 e. The first-order valence-corrected chi connectivity index (χ1v) is 5.74. The summed E-state index contributed by atoms with van der Waals surface area (Å²) in [6.07, 6.45) is 4.68. The van der Waals surface area contributed by atoms with Crippen LogP contribution in [0.2, 0.25) is 0 Å². The third kappa shape index (κ3) is 2.16. The fraction of sp³-hybridized carbons (Fsp3) is 0.909. The van der Waals surface area contributed by atoms with E-state index in [4.69, 9.17) is 4.74 Å². The molecule has 1 saturated heterocycles. The molecule has 0 aromatic carbocycles. The molecule has 0 bridgehead atoms. The Balaban J connectivity index is 1.99. The van der Waals surface area contributed by atoms with Gasteiger partial charge in [0.1, 0.15) is 6.04 Å². The Morgan fingerprint density at radius 2 is 2.13 bits per heavy atom. The van der Waals surface area contributed by atoms with Crippen molar-refractivity contribution >= 4 is 5.97 Å². The van der Waals surface area contributed by atoms with Crippen LogP contribution in [0.1, 0.15) is 32.1 Å². The van der Waals surface area contributed by atoms with Crippen LogP contribution in [0.25, 0.3) is 0 Å². The average molecular weight is 213 g/mol. The van der Waals surface area contributed by atoms with E-state index in [0.717, 1.165) is 25.7 Å². The van der Waals surface area contributed by atoms with Gasteiger partial charge in [-0.25, -0.2) is 0 Å². The van der Waals surface area contributed by atoms with Crippen LogP contribution in [0.3, 0.4) is 0 Å². The standard InChI is InChI=1S/C11H19NO3/c1-15-11(14)8-6-5-7-3-2-4-9(13)10(7)12-8/h7-10,12-13H,2-6H2,1H3. The predicted molar refractivity (Wildman–Crippen MR) is 55.3 cm³/mol. The minimum absolute atomic E-state index is 0.0941. The minimum Gasteiger partial charge on any atom is -0.468 e. The van der Waals surface area contributed by atoms with Crippen LogP contribution in [-0.4, -0.2) is 36.4 Å². The van der Waals surface area contributed by atoms with Crippen molar-refractivity contribution in [1.29, 1.82) is 0 Å². The molecule has 4 nitrogen and oxygen atoms in total. The van der Waals surface area contributed by atoms with Crippen LogP contribution < -0.4 is 5.32 Å². The Morgan fingerprint density at radius 1 is 1.33 bits per heavy atom. The van der Waals surface area contributed by atoms with Gasteiger partial charge in [0.2, 0.25) is 0 Å². The van der Waals surface area contributed by atoms with Gasteiger partial charge in [0, 0.05) is 6.04 Å². The fourth-order valence-electron chi connectivity index (χ4n) is 2.86. The summed E-state index contributed by atoms with van der Waals surface area (Å²) in [7, 11) is 1.41. The van der Waals surface area contributed by atoms with Gasteiger partial charge in [-0.15, -0.1) is 0 Å². The second-order valence-electron chi connectivity index (χ2n) is 4.60. The Labute approximate surface area is 90.0 Å². The van der Waals surface area contributed by atoms with Crippen LogP contribution in [0.15, 0.2) is 0 Å². The highest BCUT2D eigenvalue weighted by molar-refractivity contribution is 5.75. The summed E-state index contributed by atoms with van der Waals surface area (Å²) in [6.45, 7) is 0. The van der Waals surface area contributed by atoms with Gasteiger partial charge in [-0.3, -0.25) is 10.1 Å². The number of hydrogen-bond acceptors (Lipinski definition) is 4. The molecule has 2 aliphatic rings. The molecule has 0 spiro atoms. The summed E-state index contributed by atoms with van der Waals surface area (Å²) < 4.78 is 4.72. The van der Waals surface area contributed by atoms with Gasteiger partial charge >= 0.3 is 5.97 Å². The van der Waals surface area contributed by atoms with Crippen molar-refractivity contribution in [2.24, 2.45) is 5.92 Å². The first-order chi connectivity index (χ1) is 7.22. The van der Waals surface area contributed by atoms with Crippen LogP contribution in [-0.2, 0) is 9.53 Å². The number of piperidine rings is 1. The van der Waals surface area contributed by atoms with E-state index in [1.54, 1.807) is 0 Å². The number of nitrogens with one attached hydrogen (secondary N) is 1. The zero-order valence-electron chi connectivity index (χ0n) is 9.11. The Kier molecular flexibility index (Phi) is 3.26. The van der Waals surface area contributed by atoms with E-state index in [1.165, 1.54) is 13.5 Å². The van der Waals surface area contributed by atoms with E-state index in [1.807, 2.05) is 0 Å². The highest BCUT2D eigenvalue weighted by Crippen LogP contribution is 2.32. The van der Waals surface area contributed by atoms with Crippen LogP contribution in [0.5, 0.6) is 0 Å². The molecule has 1 heterocycles. The normalized spacial score (nSPS) is 40.7. The summed E-state index contributed by atoms with van der Waals surface area (Å²) in [5.74, 6) is 0.334. The lowest BCUT2D eigenvalue weighted by molar-refractivity contribution is -0.145. The van der Waals surface area contributed by atoms with Gasteiger partial charge in [-0.2, -0.15) is 0 Å². The van der Waals surface area contributed by atoms with Crippen molar-refractivity contribution in [1.82, 2.24) is 5.32 Å². The lowest BCUT2D eigenvalue weighted by Crippen LogP contribution is -2.57. The second-order valence-corrected chi connectivity index (χ2v) is 4.60. The van der Waals surface area contributed by atoms with Gasteiger partial charge in [-0.05, 0) is 31.6 Å². The number of fused-ring (bicyclic) bond motifs is 1. The molecule has 86 valence electrons. The van der Waals surface area contributed by atoms with Gasteiger partial charge in [0.25, 0.3) is 0 Å². The summed E-state index contributed by atoms with van der Waals surface area (Å²) >= 11 is 0. The van der Waals surface area contributed by atoms with E-state index in [2.05, 4.69) is 5.32 Å². The van der Waals surface area contributed by atoms with Crippen LogP contribution >= 0.6 is 0 Å². The topological polar surface area (TPSA) is 58.6 Å². The molecule has 4 atom stereocenters. The molecule has 15 heavy (non-hydrogen) atoms. The third-order valence-corrected chi connectivity index (χ3v) is 3.70. The maximum absolute atomic E-state index is 11.4.